The molecule has 1 heterocycles. The number of carbonyl (C=O) groups is 1. The number of ether oxygens (including phenoxy) is 2. The summed E-state index contributed by atoms with van der Waals surface area (Å²) in [5.74, 6) is 0.133. The molecule has 1 aliphatic heterocycles. The molecule has 1 atom stereocenters. The lowest BCUT2D eigenvalue weighted by atomic mass is 10.3. The molecule has 0 radical (unpaired) electrons. The van der Waals surface area contributed by atoms with Crippen molar-refractivity contribution in [3.8, 4) is 0 Å². The Kier molecular flexibility index (Phi) is 1.17. The van der Waals surface area contributed by atoms with Gasteiger partial charge in [-0.3, -0.25) is 0 Å². The number of hydrogen-bond donors (Lipinski definition) is 0. The maximum Gasteiger partial charge on any atom is 0.515 e. The Balaban J connectivity index is 2.81. The zero-order valence-corrected chi connectivity index (χ0v) is 5.57. The average Bonchev–Trinajstić information content (AvgIpc) is 1.79. The highest BCUT2D eigenvalue weighted by molar-refractivity contribution is 6.25. The zero-order valence-electron chi connectivity index (χ0n) is 4.81. The molecule has 0 aromatic carbocycles. The molecule has 9 heavy (non-hydrogen) atoms. The predicted molar refractivity (Wildman–Crippen MR) is 31.0 cm³/mol. The minimum atomic E-state index is -1.17. The van der Waals surface area contributed by atoms with Crippen LogP contribution in [-0.4, -0.2) is 11.2 Å². The lowest BCUT2D eigenvalue weighted by molar-refractivity contribution is 0.112. The van der Waals surface area contributed by atoms with E-state index in [0.29, 0.717) is 0 Å². The summed E-state index contributed by atoms with van der Waals surface area (Å²) in [6, 6.07) is 0. The molecule has 3 nitrogen and oxygen atoms in total. The molecule has 0 amide bonds. The first-order valence-electron chi connectivity index (χ1n) is 2.31. The highest BCUT2D eigenvalue weighted by Crippen LogP contribution is 2.32. The summed E-state index contributed by atoms with van der Waals surface area (Å²) in [5, 5.41) is -1.17. The molecular formula is C5H5ClO3. The normalized spacial score (nSPS) is 34.0. The van der Waals surface area contributed by atoms with Crippen molar-refractivity contribution in [3.63, 3.8) is 0 Å². The van der Waals surface area contributed by atoms with Crippen LogP contribution in [0.25, 0.3) is 0 Å². The number of alkyl halides is 1. The van der Waals surface area contributed by atoms with Crippen LogP contribution in [0, 0.1) is 0 Å². The lowest BCUT2D eigenvalue weighted by Crippen LogP contribution is -2.15. The van der Waals surface area contributed by atoms with E-state index in [-0.39, 0.29) is 5.76 Å². The van der Waals surface area contributed by atoms with E-state index in [1.54, 1.807) is 0 Å². The fourth-order valence-electron chi connectivity index (χ4n) is 0.426. The van der Waals surface area contributed by atoms with E-state index in [2.05, 4.69) is 16.1 Å². The Morgan fingerprint density at radius 3 is 2.44 bits per heavy atom. The van der Waals surface area contributed by atoms with Crippen molar-refractivity contribution in [3.05, 3.63) is 12.3 Å². The van der Waals surface area contributed by atoms with Crippen LogP contribution in [0.4, 0.5) is 4.79 Å². The van der Waals surface area contributed by atoms with Gasteiger partial charge >= 0.3 is 6.16 Å². The van der Waals surface area contributed by atoms with Crippen LogP contribution in [0.5, 0.6) is 0 Å². The van der Waals surface area contributed by atoms with Crippen LogP contribution >= 0.6 is 11.6 Å². The number of carbonyl (C=O) groups excluding carboxylic acids is 1. The first-order chi connectivity index (χ1) is 4.02. The molecule has 1 aliphatic rings. The Hall–Kier alpha value is -0.700. The second-order valence-corrected chi connectivity index (χ2v) is 2.52. The van der Waals surface area contributed by atoms with Crippen LogP contribution in [0.15, 0.2) is 12.3 Å². The third-order valence-electron chi connectivity index (χ3n) is 0.980. The van der Waals surface area contributed by atoms with Gasteiger partial charge in [0, 0.05) is 0 Å². The topological polar surface area (TPSA) is 35.5 Å². The molecule has 1 saturated heterocycles. The molecule has 0 aromatic heterocycles. The molecule has 1 fully saturated rings. The summed E-state index contributed by atoms with van der Waals surface area (Å²) in [6.45, 7) is 4.85. The van der Waals surface area contributed by atoms with Crippen molar-refractivity contribution < 1.29 is 14.3 Å². The van der Waals surface area contributed by atoms with Gasteiger partial charge in [0.2, 0.25) is 5.06 Å². The Morgan fingerprint density at radius 1 is 1.78 bits per heavy atom. The number of hydrogen-bond acceptors (Lipinski definition) is 3. The third-order valence-corrected chi connectivity index (χ3v) is 1.27. The second-order valence-electron chi connectivity index (χ2n) is 1.79. The van der Waals surface area contributed by atoms with Crippen LogP contribution in [0.2, 0.25) is 0 Å². The maximum atomic E-state index is 10.3. The van der Waals surface area contributed by atoms with E-state index < -0.39 is 11.2 Å². The number of halogens is 1. The Bertz CT molecular complexity index is 173. The molecule has 1 rings (SSSR count). The molecule has 0 aliphatic carbocycles. The van der Waals surface area contributed by atoms with Gasteiger partial charge in [-0.05, 0) is 6.92 Å². The van der Waals surface area contributed by atoms with Crippen LogP contribution in [-0.2, 0) is 9.47 Å². The third kappa shape index (κ3) is 1.00. The predicted octanol–water partition coefficient (Wildman–Crippen LogP) is 1.62. The minimum Gasteiger partial charge on any atom is -0.404 e. The van der Waals surface area contributed by atoms with E-state index in [0.717, 1.165) is 0 Å². The standard InChI is InChI=1S/C5H5ClO3/c1-3-5(2,6)9-4(7)8-3/h1H2,2H3/t5-/m0/s1. The summed E-state index contributed by atoms with van der Waals surface area (Å²) in [6.07, 6.45) is -0.794. The quantitative estimate of drug-likeness (QED) is 0.387. The summed E-state index contributed by atoms with van der Waals surface area (Å²) in [4.78, 5) is 10.3. The summed E-state index contributed by atoms with van der Waals surface area (Å²) in [5.41, 5.74) is 0. The Morgan fingerprint density at radius 2 is 2.33 bits per heavy atom. The van der Waals surface area contributed by atoms with Crippen LogP contribution in [0.1, 0.15) is 6.92 Å². The van der Waals surface area contributed by atoms with E-state index >= 15 is 0 Å². The van der Waals surface area contributed by atoms with Crippen molar-refractivity contribution in [2.45, 2.75) is 12.0 Å². The highest BCUT2D eigenvalue weighted by atomic mass is 35.5. The van der Waals surface area contributed by atoms with E-state index in [1.807, 2.05) is 0 Å². The van der Waals surface area contributed by atoms with Gasteiger partial charge in [0.25, 0.3) is 0 Å². The van der Waals surface area contributed by atoms with Gasteiger partial charge in [-0.1, -0.05) is 18.2 Å². The minimum absolute atomic E-state index is 0.133. The molecule has 50 valence electrons. The molecule has 0 spiro atoms. The van der Waals surface area contributed by atoms with Crippen molar-refractivity contribution in [2.24, 2.45) is 0 Å². The maximum absolute atomic E-state index is 10.3. The first-order valence-corrected chi connectivity index (χ1v) is 2.69. The van der Waals surface area contributed by atoms with E-state index in [1.165, 1.54) is 6.92 Å². The Labute approximate surface area is 57.2 Å². The van der Waals surface area contributed by atoms with Gasteiger partial charge in [-0.15, -0.1) is 0 Å². The van der Waals surface area contributed by atoms with Crippen LogP contribution in [0.3, 0.4) is 0 Å². The fraction of sp³-hybridized carbons (Fsp3) is 0.400. The summed E-state index contributed by atoms with van der Waals surface area (Å²) in [7, 11) is 0. The van der Waals surface area contributed by atoms with Crippen molar-refractivity contribution in [2.75, 3.05) is 0 Å². The molecule has 4 heteroatoms. The molecule has 0 unspecified atom stereocenters. The van der Waals surface area contributed by atoms with Gasteiger partial charge in [0.1, 0.15) is 0 Å². The molecule has 0 N–H and O–H groups in total. The smallest absolute Gasteiger partial charge is 0.404 e. The summed E-state index contributed by atoms with van der Waals surface area (Å²) < 4.78 is 8.85. The number of rotatable bonds is 0. The highest BCUT2D eigenvalue weighted by Gasteiger charge is 2.40. The molecule has 0 bridgehead atoms. The van der Waals surface area contributed by atoms with Crippen molar-refractivity contribution in [1.29, 1.82) is 0 Å². The largest absolute Gasteiger partial charge is 0.515 e. The van der Waals surface area contributed by atoms with Crippen LogP contribution < -0.4 is 0 Å². The van der Waals surface area contributed by atoms with E-state index in [9.17, 15) is 4.79 Å². The second kappa shape index (κ2) is 1.64. The van der Waals surface area contributed by atoms with Gasteiger partial charge in [0.05, 0.1) is 0 Å². The van der Waals surface area contributed by atoms with Gasteiger partial charge in [0.15, 0.2) is 5.76 Å². The van der Waals surface area contributed by atoms with Gasteiger partial charge < -0.3 is 9.47 Å². The zero-order chi connectivity index (χ0) is 7.07. The summed E-state index contributed by atoms with van der Waals surface area (Å²) >= 11 is 5.55. The molecule has 0 saturated carbocycles. The van der Waals surface area contributed by atoms with Gasteiger partial charge in [-0.25, -0.2) is 4.79 Å². The molecule has 0 aromatic rings. The van der Waals surface area contributed by atoms with E-state index in [4.69, 9.17) is 11.6 Å². The number of cyclic esters (lactones) is 2. The first kappa shape index (κ1) is 6.42. The fourth-order valence-corrected chi connectivity index (χ4v) is 0.528. The SMILES string of the molecule is C=C1OC(=O)O[C@]1(C)Cl. The van der Waals surface area contributed by atoms with Crippen molar-refractivity contribution in [1.82, 2.24) is 0 Å². The lowest BCUT2D eigenvalue weighted by Gasteiger charge is -2.08. The van der Waals surface area contributed by atoms with Gasteiger partial charge in [-0.2, -0.15) is 0 Å². The monoisotopic (exact) mass is 148 g/mol. The molecular weight excluding hydrogens is 144 g/mol. The van der Waals surface area contributed by atoms with Crippen molar-refractivity contribution >= 4 is 17.8 Å². The average molecular weight is 149 g/mol.